The van der Waals surface area contributed by atoms with Crippen LogP contribution in [0.4, 0.5) is 0 Å². The fraction of sp³-hybridized carbons (Fsp3) is 0. The lowest BCUT2D eigenvalue weighted by atomic mass is 9.83. The second-order valence-electron chi connectivity index (χ2n) is 21.4. The van der Waals surface area contributed by atoms with Crippen molar-refractivity contribution in [1.29, 1.82) is 0 Å². The molecule has 82 heavy (non-hydrogen) atoms. The highest BCUT2D eigenvalue weighted by Gasteiger charge is 2.24. The summed E-state index contributed by atoms with van der Waals surface area (Å²) in [6.45, 7) is 0. The average molecular weight is 1040 g/mol. The van der Waals surface area contributed by atoms with Gasteiger partial charge in [-0.1, -0.05) is 255 Å². The molecule has 0 radical (unpaired) electrons. The molecule has 0 spiro atoms. The van der Waals surface area contributed by atoms with Crippen LogP contribution in [-0.2, 0) is 0 Å². The van der Waals surface area contributed by atoms with E-state index in [1.807, 2.05) is 0 Å². The summed E-state index contributed by atoms with van der Waals surface area (Å²) in [6.07, 6.45) is 0. The van der Waals surface area contributed by atoms with Gasteiger partial charge in [-0.05, 0) is 158 Å². The lowest BCUT2D eigenvalue weighted by Crippen LogP contribution is -1.93. The van der Waals surface area contributed by atoms with Crippen molar-refractivity contribution in [3.63, 3.8) is 0 Å². The zero-order chi connectivity index (χ0) is 54.1. The molecule has 0 aliphatic carbocycles. The smallest absolute Gasteiger partial charge is 0.143 e. The van der Waals surface area contributed by atoms with E-state index in [-0.39, 0.29) is 0 Å². The van der Waals surface area contributed by atoms with Crippen molar-refractivity contribution in [1.82, 2.24) is 0 Å². The zero-order valence-corrected chi connectivity index (χ0v) is 44.7. The number of furan rings is 2. The standard InChI is InChI=1S/C80H50O2/c1-5-21-53(22-6-1)77-71-49-60(39-43-73(71)81-79(77)55-25-9-3-10-26-55)58-38-42-68-69(47-58)75(63-32-17-31-62(46-63)66-34-18-30-52-20-15-16-33-65(52)66)67-41-37-59(48-70(67)76(68)64-36-35-51-19-13-14-29-57(51)45-64)61-40-44-74-72(50-61)78(54-23-7-2-8-24-54)80(82-74)56-27-11-4-12-28-56/h1-50H. The van der Waals surface area contributed by atoms with E-state index in [9.17, 15) is 0 Å². The molecule has 0 saturated heterocycles. The first kappa shape index (κ1) is 47.2. The topological polar surface area (TPSA) is 26.3 Å². The fourth-order valence-electron chi connectivity index (χ4n) is 12.8. The highest BCUT2D eigenvalue weighted by atomic mass is 16.3. The average Bonchev–Trinajstić information content (AvgIpc) is 4.12. The summed E-state index contributed by atoms with van der Waals surface area (Å²) >= 11 is 0. The molecule has 16 aromatic rings. The van der Waals surface area contributed by atoms with Gasteiger partial charge in [-0.15, -0.1) is 0 Å². The van der Waals surface area contributed by atoms with Crippen LogP contribution in [0.15, 0.2) is 312 Å². The van der Waals surface area contributed by atoms with Crippen molar-refractivity contribution in [3.8, 4) is 101 Å². The van der Waals surface area contributed by atoms with Crippen LogP contribution in [0.25, 0.3) is 166 Å². The molecule has 14 aromatic carbocycles. The summed E-state index contributed by atoms with van der Waals surface area (Å²) in [7, 11) is 0. The molecule has 0 atom stereocenters. The van der Waals surface area contributed by atoms with Crippen molar-refractivity contribution in [2.45, 2.75) is 0 Å². The van der Waals surface area contributed by atoms with Gasteiger partial charge in [0.05, 0.1) is 0 Å². The van der Waals surface area contributed by atoms with Crippen LogP contribution in [0.1, 0.15) is 0 Å². The Morgan fingerprint density at radius 1 is 0.171 bits per heavy atom. The monoisotopic (exact) mass is 1040 g/mol. The summed E-state index contributed by atoms with van der Waals surface area (Å²) in [5, 5.41) is 11.7. The number of rotatable bonds is 9. The quantitative estimate of drug-likeness (QED) is 0.135. The molecule has 0 fully saturated rings. The van der Waals surface area contributed by atoms with E-state index in [0.29, 0.717) is 0 Å². The third-order valence-corrected chi connectivity index (χ3v) is 16.6. The molecule has 0 bridgehead atoms. The van der Waals surface area contributed by atoms with E-state index in [4.69, 9.17) is 8.83 Å². The normalized spacial score (nSPS) is 11.7. The maximum atomic E-state index is 6.80. The molecule has 2 aromatic heterocycles. The number of benzene rings is 14. The first-order valence-electron chi connectivity index (χ1n) is 28.1. The molecule has 2 heteroatoms. The van der Waals surface area contributed by atoms with E-state index in [0.717, 1.165) is 94.7 Å². The van der Waals surface area contributed by atoms with Crippen molar-refractivity contribution < 1.29 is 8.83 Å². The van der Waals surface area contributed by atoms with Crippen molar-refractivity contribution in [2.24, 2.45) is 0 Å². The van der Waals surface area contributed by atoms with Crippen LogP contribution in [0, 0.1) is 0 Å². The van der Waals surface area contributed by atoms with Gasteiger partial charge in [-0.25, -0.2) is 0 Å². The molecule has 2 heterocycles. The van der Waals surface area contributed by atoms with Gasteiger partial charge in [-0.2, -0.15) is 0 Å². The van der Waals surface area contributed by atoms with Crippen molar-refractivity contribution >= 4 is 65.0 Å². The summed E-state index contributed by atoms with van der Waals surface area (Å²) in [5.41, 5.74) is 19.8. The van der Waals surface area contributed by atoms with E-state index in [2.05, 4.69) is 303 Å². The second kappa shape index (κ2) is 19.5. The number of hydrogen-bond acceptors (Lipinski definition) is 2. The molecular weight excluding hydrogens is 993 g/mol. The van der Waals surface area contributed by atoms with Crippen LogP contribution < -0.4 is 0 Å². The van der Waals surface area contributed by atoms with Gasteiger partial charge in [0, 0.05) is 33.0 Å². The van der Waals surface area contributed by atoms with Gasteiger partial charge in [0.15, 0.2) is 0 Å². The highest BCUT2D eigenvalue weighted by Crippen LogP contribution is 2.49. The van der Waals surface area contributed by atoms with Gasteiger partial charge in [0.2, 0.25) is 0 Å². The molecule has 0 aliphatic rings. The third-order valence-electron chi connectivity index (χ3n) is 16.6. The minimum Gasteiger partial charge on any atom is -0.455 e. The Morgan fingerprint density at radius 3 is 1.11 bits per heavy atom. The Bertz CT molecular complexity index is 5120. The lowest BCUT2D eigenvalue weighted by molar-refractivity contribution is 0.632. The maximum Gasteiger partial charge on any atom is 0.143 e. The molecule has 16 rings (SSSR count). The second-order valence-corrected chi connectivity index (χ2v) is 21.4. The zero-order valence-electron chi connectivity index (χ0n) is 44.7. The van der Waals surface area contributed by atoms with Gasteiger partial charge < -0.3 is 8.83 Å². The van der Waals surface area contributed by atoms with E-state index >= 15 is 0 Å². The van der Waals surface area contributed by atoms with Crippen LogP contribution in [0.2, 0.25) is 0 Å². The first-order valence-corrected chi connectivity index (χ1v) is 28.1. The Kier molecular flexibility index (Phi) is 11.2. The Hall–Kier alpha value is -10.8. The molecule has 2 nitrogen and oxygen atoms in total. The van der Waals surface area contributed by atoms with E-state index in [1.54, 1.807) is 0 Å². The third kappa shape index (κ3) is 8.03. The minimum absolute atomic E-state index is 0.855. The van der Waals surface area contributed by atoms with E-state index < -0.39 is 0 Å². The van der Waals surface area contributed by atoms with Crippen LogP contribution >= 0.6 is 0 Å². The SMILES string of the molecule is c1ccc(-c2oc3ccc(-c4ccc5c(-c6ccc7ccccc7c6)c6cc(-c7ccc8oc(-c9ccccc9)c(-c9ccccc9)c8c7)ccc6c(-c6cccc(-c7cccc8ccccc78)c6)c5c4)cc3c2-c2ccccc2)cc1. The maximum absolute atomic E-state index is 6.80. The van der Waals surface area contributed by atoms with Crippen LogP contribution in [-0.4, -0.2) is 0 Å². The Morgan fingerprint density at radius 2 is 0.561 bits per heavy atom. The summed E-state index contributed by atoms with van der Waals surface area (Å²) in [5.74, 6) is 1.74. The minimum atomic E-state index is 0.855. The predicted molar refractivity (Wildman–Crippen MR) is 345 cm³/mol. The van der Waals surface area contributed by atoms with Crippen LogP contribution in [0.5, 0.6) is 0 Å². The summed E-state index contributed by atoms with van der Waals surface area (Å²) in [6, 6.07) is 110. The molecule has 0 amide bonds. The Balaban J connectivity index is 0.965. The summed E-state index contributed by atoms with van der Waals surface area (Å²) < 4.78 is 13.6. The van der Waals surface area contributed by atoms with Gasteiger partial charge in [0.1, 0.15) is 22.7 Å². The van der Waals surface area contributed by atoms with Gasteiger partial charge in [-0.3, -0.25) is 0 Å². The molecule has 0 N–H and O–H groups in total. The largest absolute Gasteiger partial charge is 0.455 e. The highest BCUT2D eigenvalue weighted by molar-refractivity contribution is 6.23. The van der Waals surface area contributed by atoms with Gasteiger partial charge in [0.25, 0.3) is 0 Å². The number of hydrogen-bond donors (Lipinski definition) is 0. The van der Waals surface area contributed by atoms with Crippen LogP contribution in [0.3, 0.4) is 0 Å². The van der Waals surface area contributed by atoms with Gasteiger partial charge >= 0.3 is 0 Å². The lowest BCUT2D eigenvalue weighted by Gasteiger charge is -2.20. The fourth-order valence-corrected chi connectivity index (χ4v) is 12.8. The molecule has 0 unspecified atom stereocenters. The van der Waals surface area contributed by atoms with E-state index in [1.165, 1.54) is 70.9 Å². The van der Waals surface area contributed by atoms with Crippen molar-refractivity contribution in [3.05, 3.63) is 303 Å². The predicted octanol–water partition coefficient (Wildman–Crippen LogP) is 22.8. The van der Waals surface area contributed by atoms with Crippen molar-refractivity contribution in [2.75, 3.05) is 0 Å². The number of fused-ring (bicyclic) bond motifs is 6. The molecule has 382 valence electrons. The summed E-state index contributed by atoms with van der Waals surface area (Å²) in [4.78, 5) is 0. The first-order chi connectivity index (χ1) is 40.6. The molecule has 0 aliphatic heterocycles. The Labute approximate surface area is 475 Å². The molecular formula is C80H50O2. The molecule has 0 saturated carbocycles.